The molecule has 136 valence electrons. The highest BCUT2D eigenvalue weighted by molar-refractivity contribution is 6.31. The molecule has 2 aromatic rings. The maximum Gasteiger partial charge on any atom is 0.321 e. The standard InChI is InChI=1S/C19H20ClN3O3/c1-13-15(20)3-2-4-16(13)22-7-9-23(10-8-22)19(24)21-14-5-6-17-18(11-14)26-12-25-17/h2-6,11H,7-10,12H2,1H3,(H,21,24). The number of anilines is 2. The molecule has 0 aromatic heterocycles. The molecule has 0 aliphatic carbocycles. The van der Waals surface area contributed by atoms with Crippen LogP contribution in [0.25, 0.3) is 0 Å². The number of hydrogen-bond acceptors (Lipinski definition) is 4. The summed E-state index contributed by atoms with van der Waals surface area (Å²) in [7, 11) is 0. The lowest BCUT2D eigenvalue weighted by Gasteiger charge is -2.36. The van der Waals surface area contributed by atoms with Gasteiger partial charge >= 0.3 is 6.03 Å². The molecule has 0 atom stereocenters. The minimum atomic E-state index is -0.105. The molecule has 0 radical (unpaired) electrons. The summed E-state index contributed by atoms with van der Waals surface area (Å²) >= 11 is 6.22. The summed E-state index contributed by atoms with van der Waals surface area (Å²) in [6.45, 7) is 5.10. The lowest BCUT2D eigenvalue weighted by Crippen LogP contribution is -2.50. The van der Waals surface area contributed by atoms with Crippen molar-refractivity contribution >= 4 is 29.0 Å². The van der Waals surface area contributed by atoms with Gasteiger partial charge < -0.3 is 24.6 Å². The van der Waals surface area contributed by atoms with Crippen LogP contribution in [0.5, 0.6) is 11.5 Å². The monoisotopic (exact) mass is 373 g/mol. The summed E-state index contributed by atoms with van der Waals surface area (Å²) in [5, 5.41) is 3.70. The van der Waals surface area contributed by atoms with E-state index in [1.54, 1.807) is 12.1 Å². The Bertz CT molecular complexity index is 835. The van der Waals surface area contributed by atoms with Gasteiger partial charge in [-0.25, -0.2) is 4.79 Å². The average molecular weight is 374 g/mol. The number of halogens is 1. The van der Waals surface area contributed by atoms with Gasteiger partial charge in [-0.1, -0.05) is 17.7 Å². The molecule has 1 fully saturated rings. The van der Waals surface area contributed by atoms with Crippen LogP contribution in [-0.4, -0.2) is 43.9 Å². The zero-order valence-electron chi connectivity index (χ0n) is 14.5. The predicted molar refractivity (Wildman–Crippen MR) is 102 cm³/mol. The van der Waals surface area contributed by atoms with E-state index in [1.807, 2.05) is 30.0 Å². The van der Waals surface area contributed by atoms with E-state index in [-0.39, 0.29) is 12.8 Å². The van der Waals surface area contributed by atoms with Crippen LogP contribution < -0.4 is 19.7 Å². The van der Waals surface area contributed by atoms with Gasteiger partial charge in [-0.3, -0.25) is 0 Å². The van der Waals surface area contributed by atoms with E-state index in [0.29, 0.717) is 30.3 Å². The summed E-state index contributed by atoms with van der Waals surface area (Å²) < 4.78 is 10.6. The molecule has 2 aliphatic heterocycles. The minimum Gasteiger partial charge on any atom is -0.454 e. The Morgan fingerprint density at radius 3 is 2.65 bits per heavy atom. The highest BCUT2D eigenvalue weighted by Gasteiger charge is 2.23. The number of nitrogens with zero attached hydrogens (tertiary/aromatic N) is 2. The van der Waals surface area contributed by atoms with Crippen molar-refractivity contribution in [1.29, 1.82) is 0 Å². The van der Waals surface area contributed by atoms with Gasteiger partial charge in [0.15, 0.2) is 11.5 Å². The van der Waals surface area contributed by atoms with Crippen molar-refractivity contribution in [2.75, 3.05) is 43.2 Å². The lowest BCUT2D eigenvalue weighted by molar-refractivity contribution is 0.174. The molecule has 0 spiro atoms. The van der Waals surface area contributed by atoms with Gasteiger partial charge in [0.25, 0.3) is 0 Å². The number of rotatable bonds is 2. The first-order valence-electron chi connectivity index (χ1n) is 8.57. The van der Waals surface area contributed by atoms with E-state index in [9.17, 15) is 4.79 Å². The maximum absolute atomic E-state index is 12.5. The summed E-state index contributed by atoms with van der Waals surface area (Å²) in [5.74, 6) is 1.36. The number of nitrogens with one attached hydrogen (secondary N) is 1. The maximum atomic E-state index is 12.5. The fraction of sp³-hybridized carbons (Fsp3) is 0.316. The van der Waals surface area contributed by atoms with E-state index < -0.39 is 0 Å². The Morgan fingerprint density at radius 1 is 1.08 bits per heavy atom. The van der Waals surface area contributed by atoms with Crippen LogP contribution in [0.3, 0.4) is 0 Å². The van der Waals surface area contributed by atoms with Gasteiger partial charge in [0.2, 0.25) is 6.79 Å². The normalized spacial score (nSPS) is 15.9. The number of carbonyl (C=O) groups is 1. The van der Waals surface area contributed by atoms with E-state index in [1.165, 1.54) is 0 Å². The Morgan fingerprint density at radius 2 is 1.85 bits per heavy atom. The molecule has 2 amide bonds. The summed E-state index contributed by atoms with van der Waals surface area (Å²) in [6, 6.07) is 11.2. The number of piperazine rings is 1. The molecule has 7 heteroatoms. The van der Waals surface area contributed by atoms with Crippen molar-refractivity contribution in [3.63, 3.8) is 0 Å². The van der Waals surface area contributed by atoms with Crippen LogP contribution in [0.4, 0.5) is 16.2 Å². The zero-order valence-corrected chi connectivity index (χ0v) is 15.3. The number of urea groups is 1. The largest absolute Gasteiger partial charge is 0.454 e. The van der Waals surface area contributed by atoms with Crippen molar-refractivity contribution in [3.8, 4) is 11.5 Å². The lowest BCUT2D eigenvalue weighted by atomic mass is 10.1. The molecule has 2 heterocycles. The molecule has 1 saturated heterocycles. The second-order valence-electron chi connectivity index (χ2n) is 6.36. The fourth-order valence-corrected chi connectivity index (χ4v) is 3.44. The van der Waals surface area contributed by atoms with Crippen LogP contribution in [0, 0.1) is 6.92 Å². The molecule has 26 heavy (non-hydrogen) atoms. The van der Waals surface area contributed by atoms with E-state index >= 15 is 0 Å². The highest BCUT2D eigenvalue weighted by Crippen LogP contribution is 2.34. The topological polar surface area (TPSA) is 54.0 Å². The minimum absolute atomic E-state index is 0.105. The molecular weight excluding hydrogens is 354 g/mol. The van der Waals surface area contributed by atoms with Crippen molar-refractivity contribution in [3.05, 3.63) is 47.0 Å². The third kappa shape index (κ3) is 3.24. The first-order valence-corrected chi connectivity index (χ1v) is 8.95. The Labute approximate surface area is 157 Å². The molecular formula is C19H20ClN3O3. The Hall–Kier alpha value is -2.60. The van der Waals surface area contributed by atoms with Gasteiger partial charge in [-0.05, 0) is 36.8 Å². The molecule has 0 unspecified atom stereocenters. The van der Waals surface area contributed by atoms with Crippen LogP contribution >= 0.6 is 11.6 Å². The van der Waals surface area contributed by atoms with Crippen molar-refractivity contribution in [2.45, 2.75) is 6.92 Å². The number of fused-ring (bicyclic) bond motifs is 1. The molecule has 6 nitrogen and oxygen atoms in total. The van der Waals surface area contributed by atoms with Gasteiger partial charge in [-0.15, -0.1) is 0 Å². The molecule has 2 aromatic carbocycles. The van der Waals surface area contributed by atoms with E-state index in [0.717, 1.165) is 29.4 Å². The summed E-state index contributed by atoms with van der Waals surface area (Å²) in [6.07, 6.45) is 0. The first-order chi connectivity index (χ1) is 12.6. The van der Waals surface area contributed by atoms with E-state index in [4.69, 9.17) is 21.1 Å². The number of hydrogen-bond donors (Lipinski definition) is 1. The molecule has 0 bridgehead atoms. The summed E-state index contributed by atoms with van der Waals surface area (Å²) in [4.78, 5) is 16.6. The van der Waals surface area contributed by atoms with Gasteiger partial charge in [0.05, 0.1) is 0 Å². The summed E-state index contributed by atoms with van der Waals surface area (Å²) in [5.41, 5.74) is 2.91. The molecule has 2 aliphatic rings. The Kier molecular flexibility index (Phi) is 4.51. The van der Waals surface area contributed by atoms with Crippen molar-refractivity contribution in [1.82, 2.24) is 4.90 Å². The third-order valence-corrected chi connectivity index (χ3v) is 5.18. The van der Waals surface area contributed by atoms with Gasteiger partial charge in [0, 0.05) is 48.6 Å². The SMILES string of the molecule is Cc1c(Cl)cccc1N1CCN(C(=O)Nc2ccc3c(c2)OCO3)CC1. The van der Waals surface area contributed by atoms with Crippen LogP contribution in [0.1, 0.15) is 5.56 Å². The van der Waals surface area contributed by atoms with Gasteiger partial charge in [-0.2, -0.15) is 0 Å². The second kappa shape index (κ2) is 6.96. The molecule has 0 saturated carbocycles. The second-order valence-corrected chi connectivity index (χ2v) is 6.76. The van der Waals surface area contributed by atoms with Gasteiger partial charge in [0.1, 0.15) is 0 Å². The van der Waals surface area contributed by atoms with Crippen LogP contribution in [-0.2, 0) is 0 Å². The molecule has 4 rings (SSSR count). The average Bonchev–Trinajstić information content (AvgIpc) is 3.12. The number of amides is 2. The number of carbonyl (C=O) groups excluding carboxylic acids is 1. The van der Waals surface area contributed by atoms with Crippen LogP contribution in [0.2, 0.25) is 5.02 Å². The molecule has 1 N–H and O–H groups in total. The zero-order chi connectivity index (χ0) is 18.1. The smallest absolute Gasteiger partial charge is 0.321 e. The number of ether oxygens (including phenoxy) is 2. The van der Waals surface area contributed by atoms with Crippen LogP contribution in [0.15, 0.2) is 36.4 Å². The van der Waals surface area contributed by atoms with Crippen molar-refractivity contribution < 1.29 is 14.3 Å². The fourth-order valence-electron chi connectivity index (χ4n) is 3.27. The van der Waals surface area contributed by atoms with E-state index in [2.05, 4.69) is 16.3 Å². The number of benzene rings is 2. The quantitative estimate of drug-likeness (QED) is 0.871. The third-order valence-electron chi connectivity index (χ3n) is 4.77. The highest BCUT2D eigenvalue weighted by atomic mass is 35.5. The predicted octanol–water partition coefficient (Wildman–Crippen LogP) is 3.73. The first kappa shape index (κ1) is 16.8. The van der Waals surface area contributed by atoms with Crippen molar-refractivity contribution in [2.24, 2.45) is 0 Å². The Balaban J connectivity index is 1.37.